The van der Waals surface area contributed by atoms with Crippen molar-refractivity contribution in [1.29, 1.82) is 0 Å². The highest BCUT2D eigenvalue weighted by Gasteiger charge is 2.18. The summed E-state index contributed by atoms with van der Waals surface area (Å²) in [6.07, 6.45) is 4.85. The van der Waals surface area contributed by atoms with Gasteiger partial charge in [0.15, 0.2) is 0 Å². The highest BCUT2D eigenvalue weighted by molar-refractivity contribution is 5.89. The Kier molecular flexibility index (Phi) is 3.84. The molecule has 1 aliphatic rings. The lowest BCUT2D eigenvalue weighted by Crippen LogP contribution is -2.25. The maximum absolute atomic E-state index is 10.9. The lowest BCUT2D eigenvalue weighted by atomic mass is 9.87. The van der Waals surface area contributed by atoms with Crippen LogP contribution in [0.1, 0.15) is 48.7 Å². The normalized spacial score (nSPS) is 23.7. The van der Waals surface area contributed by atoms with Gasteiger partial charge in [-0.3, -0.25) is 0 Å². The monoisotopic (exact) mass is 248 g/mol. The minimum Gasteiger partial charge on any atom is -0.478 e. The first-order valence-electron chi connectivity index (χ1n) is 6.53. The molecule has 18 heavy (non-hydrogen) atoms. The Balaban J connectivity index is 2.02. The standard InChI is InChI=1S/C14H20N2O2/c1-9-3-5-11(6-4-9)16-13-8-7-12(14(17)18)10(2)15-13/h7-9,11H,3-6H2,1-2H3,(H,15,16)(H,17,18). The lowest BCUT2D eigenvalue weighted by Gasteiger charge is -2.27. The molecule has 1 aromatic rings. The molecule has 1 fully saturated rings. The van der Waals surface area contributed by atoms with Gasteiger partial charge in [0, 0.05) is 6.04 Å². The van der Waals surface area contributed by atoms with Gasteiger partial charge in [0.2, 0.25) is 0 Å². The molecule has 0 amide bonds. The molecule has 1 saturated carbocycles. The summed E-state index contributed by atoms with van der Waals surface area (Å²) < 4.78 is 0. The van der Waals surface area contributed by atoms with Crippen LogP contribution in [-0.4, -0.2) is 22.1 Å². The summed E-state index contributed by atoms with van der Waals surface area (Å²) in [6.45, 7) is 4.03. The summed E-state index contributed by atoms with van der Waals surface area (Å²) in [6, 6.07) is 3.86. The molecule has 4 nitrogen and oxygen atoms in total. The van der Waals surface area contributed by atoms with Gasteiger partial charge in [-0.1, -0.05) is 6.92 Å². The quantitative estimate of drug-likeness (QED) is 0.863. The first kappa shape index (κ1) is 12.9. The van der Waals surface area contributed by atoms with Gasteiger partial charge in [0.05, 0.1) is 11.3 Å². The van der Waals surface area contributed by atoms with Crippen molar-refractivity contribution in [2.24, 2.45) is 5.92 Å². The van der Waals surface area contributed by atoms with E-state index in [1.54, 1.807) is 19.1 Å². The van der Waals surface area contributed by atoms with Crippen molar-refractivity contribution in [2.75, 3.05) is 5.32 Å². The summed E-state index contributed by atoms with van der Waals surface area (Å²) in [5.74, 6) is 0.697. The van der Waals surface area contributed by atoms with E-state index in [1.807, 2.05) is 0 Å². The number of carbonyl (C=O) groups is 1. The van der Waals surface area contributed by atoms with Crippen molar-refractivity contribution < 1.29 is 9.90 Å². The molecular weight excluding hydrogens is 228 g/mol. The number of anilines is 1. The number of aryl methyl sites for hydroxylation is 1. The van der Waals surface area contributed by atoms with Crippen LogP contribution in [0.2, 0.25) is 0 Å². The van der Waals surface area contributed by atoms with E-state index in [0.717, 1.165) is 11.7 Å². The molecule has 98 valence electrons. The zero-order chi connectivity index (χ0) is 13.1. The molecule has 0 bridgehead atoms. The molecule has 0 atom stereocenters. The Hall–Kier alpha value is -1.58. The number of nitrogens with one attached hydrogen (secondary N) is 1. The van der Waals surface area contributed by atoms with Crippen LogP contribution in [-0.2, 0) is 0 Å². The number of hydrogen-bond acceptors (Lipinski definition) is 3. The SMILES string of the molecule is Cc1nc(NC2CCC(C)CC2)ccc1C(=O)O. The molecule has 0 aromatic carbocycles. The van der Waals surface area contributed by atoms with Gasteiger partial charge < -0.3 is 10.4 Å². The van der Waals surface area contributed by atoms with Crippen LogP contribution in [0.15, 0.2) is 12.1 Å². The third-order valence-electron chi connectivity index (χ3n) is 3.68. The van der Waals surface area contributed by atoms with Gasteiger partial charge in [-0.2, -0.15) is 0 Å². The molecule has 1 aromatic heterocycles. The van der Waals surface area contributed by atoms with Crippen LogP contribution in [0.25, 0.3) is 0 Å². The summed E-state index contributed by atoms with van der Waals surface area (Å²) in [7, 11) is 0. The summed E-state index contributed by atoms with van der Waals surface area (Å²) in [4.78, 5) is 15.2. The fraction of sp³-hybridized carbons (Fsp3) is 0.571. The topological polar surface area (TPSA) is 62.2 Å². The predicted molar refractivity (Wildman–Crippen MR) is 71.0 cm³/mol. The van der Waals surface area contributed by atoms with Crippen molar-refractivity contribution in [3.63, 3.8) is 0 Å². The Morgan fingerprint density at radius 2 is 2.00 bits per heavy atom. The van der Waals surface area contributed by atoms with Crippen LogP contribution in [0, 0.1) is 12.8 Å². The fourth-order valence-corrected chi connectivity index (χ4v) is 2.48. The van der Waals surface area contributed by atoms with E-state index >= 15 is 0 Å². The second-order valence-electron chi connectivity index (χ2n) is 5.24. The number of aromatic carboxylic acids is 1. The third-order valence-corrected chi connectivity index (χ3v) is 3.68. The summed E-state index contributed by atoms with van der Waals surface area (Å²) in [5, 5.41) is 12.4. The van der Waals surface area contributed by atoms with Crippen LogP contribution < -0.4 is 5.32 Å². The molecular formula is C14H20N2O2. The molecule has 0 saturated heterocycles. The van der Waals surface area contributed by atoms with Crippen molar-refractivity contribution in [3.05, 3.63) is 23.4 Å². The van der Waals surface area contributed by atoms with E-state index in [-0.39, 0.29) is 5.56 Å². The first-order valence-corrected chi connectivity index (χ1v) is 6.53. The molecule has 0 aliphatic heterocycles. The van der Waals surface area contributed by atoms with Crippen molar-refractivity contribution >= 4 is 11.8 Å². The van der Waals surface area contributed by atoms with Gasteiger partial charge in [0.1, 0.15) is 5.82 Å². The van der Waals surface area contributed by atoms with Crippen molar-refractivity contribution in [1.82, 2.24) is 4.98 Å². The molecule has 2 N–H and O–H groups in total. The van der Waals surface area contributed by atoms with E-state index in [9.17, 15) is 4.79 Å². The Bertz CT molecular complexity index is 437. The zero-order valence-corrected chi connectivity index (χ0v) is 10.9. The Morgan fingerprint density at radius 3 is 2.56 bits per heavy atom. The lowest BCUT2D eigenvalue weighted by molar-refractivity contribution is 0.0695. The fourth-order valence-electron chi connectivity index (χ4n) is 2.48. The summed E-state index contributed by atoms with van der Waals surface area (Å²) >= 11 is 0. The van der Waals surface area contributed by atoms with Gasteiger partial charge >= 0.3 is 5.97 Å². The van der Waals surface area contributed by atoms with E-state index < -0.39 is 5.97 Å². The van der Waals surface area contributed by atoms with E-state index in [1.165, 1.54) is 25.7 Å². The maximum atomic E-state index is 10.9. The Morgan fingerprint density at radius 1 is 1.33 bits per heavy atom. The van der Waals surface area contributed by atoms with Crippen molar-refractivity contribution in [2.45, 2.75) is 45.6 Å². The number of rotatable bonds is 3. The largest absolute Gasteiger partial charge is 0.478 e. The molecule has 2 rings (SSSR count). The second kappa shape index (κ2) is 5.38. The van der Waals surface area contributed by atoms with Crippen LogP contribution >= 0.6 is 0 Å². The van der Waals surface area contributed by atoms with Crippen LogP contribution in [0.3, 0.4) is 0 Å². The van der Waals surface area contributed by atoms with Crippen LogP contribution in [0.4, 0.5) is 5.82 Å². The number of hydrogen-bond donors (Lipinski definition) is 2. The minimum atomic E-state index is -0.918. The maximum Gasteiger partial charge on any atom is 0.337 e. The summed E-state index contributed by atoms with van der Waals surface area (Å²) in [5.41, 5.74) is 0.842. The van der Waals surface area contributed by atoms with Gasteiger partial charge in [0.25, 0.3) is 0 Å². The van der Waals surface area contributed by atoms with Crippen LogP contribution in [0.5, 0.6) is 0 Å². The third kappa shape index (κ3) is 3.00. The first-order chi connectivity index (χ1) is 8.56. The smallest absolute Gasteiger partial charge is 0.337 e. The molecule has 0 unspecified atom stereocenters. The second-order valence-corrected chi connectivity index (χ2v) is 5.24. The van der Waals surface area contributed by atoms with E-state index in [4.69, 9.17) is 5.11 Å². The molecule has 4 heteroatoms. The number of aromatic nitrogens is 1. The molecule has 0 radical (unpaired) electrons. The highest BCUT2D eigenvalue weighted by Crippen LogP contribution is 2.25. The molecule has 0 spiro atoms. The Labute approximate surface area is 107 Å². The number of pyridine rings is 1. The number of carboxylic acid groups (broad SMARTS) is 1. The van der Waals surface area contributed by atoms with Gasteiger partial charge in [-0.25, -0.2) is 9.78 Å². The molecule has 1 aliphatic carbocycles. The van der Waals surface area contributed by atoms with Gasteiger partial charge in [-0.05, 0) is 50.7 Å². The zero-order valence-electron chi connectivity index (χ0n) is 10.9. The van der Waals surface area contributed by atoms with Crippen molar-refractivity contribution in [3.8, 4) is 0 Å². The average Bonchev–Trinajstić information content (AvgIpc) is 2.32. The van der Waals surface area contributed by atoms with Gasteiger partial charge in [-0.15, -0.1) is 0 Å². The predicted octanol–water partition coefficient (Wildman–Crippen LogP) is 3.08. The average molecular weight is 248 g/mol. The number of carboxylic acids is 1. The van der Waals surface area contributed by atoms with E-state index in [2.05, 4.69) is 17.2 Å². The van der Waals surface area contributed by atoms with E-state index in [0.29, 0.717) is 11.7 Å². The minimum absolute atomic E-state index is 0.276. The highest BCUT2D eigenvalue weighted by atomic mass is 16.4. The molecule has 1 heterocycles. The number of nitrogens with zero attached hydrogens (tertiary/aromatic N) is 1.